The lowest BCUT2D eigenvalue weighted by molar-refractivity contribution is -0.119. The van der Waals surface area contributed by atoms with Crippen molar-refractivity contribution in [3.8, 4) is 5.75 Å². The number of sulfonamides is 1. The molecule has 0 bridgehead atoms. The van der Waals surface area contributed by atoms with Gasteiger partial charge in [0.05, 0.1) is 22.2 Å². The predicted octanol–water partition coefficient (Wildman–Crippen LogP) is 4.20. The molecule has 1 amide bonds. The van der Waals surface area contributed by atoms with Crippen molar-refractivity contribution >= 4 is 37.5 Å². The number of anilines is 1. The molecular formula is C25H34BrN3O4S. The van der Waals surface area contributed by atoms with Gasteiger partial charge in [-0.25, -0.2) is 8.42 Å². The summed E-state index contributed by atoms with van der Waals surface area (Å²) in [6.07, 6.45) is 3.28. The molecule has 1 fully saturated rings. The van der Waals surface area contributed by atoms with Gasteiger partial charge in [0.15, 0.2) is 0 Å². The molecule has 0 radical (unpaired) electrons. The fourth-order valence-electron chi connectivity index (χ4n) is 3.96. The highest BCUT2D eigenvalue weighted by molar-refractivity contribution is 9.10. The molecule has 2 aromatic carbocycles. The summed E-state index contributed by atoms with van der Waals surface area (Å²) in [6.45, 7) is 7.58. The second-order valence-electron chi connectivity index (χ2n) is 8.87. The second kappa shape index (κ2) is 12.0. The Morgan fingerprint density at radius 2 is 1.85 bits per heavy atom. The molecule has 1 N–H and O–H groups in total. The average Bonchev–Trinajstić information content (AvgIpc) is 2.82. The average molecular weight is 553 g/mol. The standard InChI is InChI=1S/C25H34BrN3O4S/c1-19-5-7-21(8-6-19)29(34(31,32)22-9-10-24(33-3)23(26)17-22)18-25(30)27-13-4-14-28-15-11-20(2)12-16-28/h5-10,17,20H,4,11-16,18H2,1-3H3,(H,27,30). The summed E-state index contributed by atoms with van der Waals surface area (Å²) in [5, 5.41) is 2.89. The van der Waals surface area contributed by atoms with E-state index in [2.05, 4.69) is 33.1 Å². The van der Waals surface area contributed by atoms with Crippen LogP contribution < -0.4 is 14.4 Å². The first-order valence-electron chi connectivity index (χ1n) is 11.6. The van der Waals surface area contributed by atoms with E-state index in [-0.39, 0.29) is 17.3 Å². The lowest BCUT2D eigenvalue weighted by Gasteiger charge is -2.30. The molecule has 2 aromatic rings. The first-order chi connectivity index (χ1) is 16.2. The normalized spacial score (nSPS) is 15.2. The summed E-state index contributed by atoms with van der Waals surface area (Å²) < 4.78 is 34.0. The fourth-order valence-corrected chi connectivity index (χ4v) is 6.10. The molecule has 9 heteroatoms. The number of benzene rings is 2. The van der Waals surface area contributed by atoms with Crippen molar-refractivity contribution in [2.24, 2.45) is 5.92 Å². The minimum atomic E-state index is -3.98. The highest BCUT2D eigenvalue weighted by Crippen LogP contribution is 2.30. The Kier molecular flexibility index (Phi) is 9.39. The summed E-state index contributed by atoms with van der Waals surface area (Å²) in [7, 11) is -2.47. The van der Waals surface area contributed by atoms with Crippen molar-refractivity contribution in [3.05, 3.63) is 52.5 Å². The van der Waals surface area contributed by atoms with Crippen molar-refractivity contribution in [1.82, 2.24) is 10.2 Å². The molecule has 1 heterocycles. The van der Waals surface area contributed by atoms with Crippen LogP contribution >= 0.6 is 15.9 Å². The topological polar surface area (TPSA) is 79.0 Å². The van der Waals surface area contributed by atoms with Crippen molar-refractivity contribution in [3.63, 3.8) is 0 Å². The lowest BCUT2D eigenvalue weighted by atomic mass is 9.99. The minimum Gasteiger partial charge on any atom is -0.496 e. The van der Waals surface area contributed by atoms with Crippen LogP contribution in [0.5, 0.6) is 5.75 Å². The van der Waals surface area contributed by atoms with Crippen LogP contribution in [-0.4, -0.2) is 59.1 Å². The van der Waals surface area contributed by atoms with Crippen LogP contribution in [0.2, 0.25) is 0 Å². The third-order valence-corrected chi connectivity index (χ3v) is 8.56. The van der Waals surface area contributed by atoms with Crippen LogP contribution in [0, 0.1) is 12.8 Å². The zero-order valence-electron chi connectivity index (χ0n) is 20.1. The van der Waals surface area contributed by atoms with Gasteiger partial charge < -0.3 is 15.0 Å². The molecule has 0 aromatic heterocycles. The number of halogens is 1. The highest BCUT2D eigenvalue weighted by Gasteiger charge is 2.28. The van der Waals surface area contributed by atoms with Gasteiger partial charge in [0.1, 0.15) is 12.3 Å². The number of hydrogen-bond acceptors (Lipinski definition) is 5. The maximum absolute atomic E-state index is 13.5. The maximum atomic E-state index is 13.5. The lowest BCUT2D eigenvalue weighted by Crippen LogP contribution is -2.42. The van der Waals surface area contributed by atoms with Crippen molar-refractivity contribution in [1.29, 1.82) is 0 Å². The van der Waals surface area contributed by atoms with Gasteiger partial charge in [-0.05, 0) is 98.0 Å². The van der Waals surface area contributed by atoms with Crippen LogP contribution in [0.4, 0.5) is 5.69 Å². The molecule has 0 spiro atoms. The van der Waals surface area contributed by atoms with Gasteiger partial charge in [0.2, 0.25) is 5.91 Å². The molecule has 7 nitrogen and oxygen atoms in total. The molecule has 3 rings (SSSR count). The summed E-state index contributed by atoms with van der Waals surface area (Å²) in [5.74, 6) is 0.989. The van der Waals surface area contributed by atoms with E-state index in [1.807, 2.05) is 19.1 Å². The van der Waals surface area contributed by atoms with Crippen molar-refractivity contribution in [2.45, 2.75) is 38.0 Å². The second-order valence-corrected chi connectivity index (χ2v) is 11.6. The van der Waals surface area contributed by atoms with Crippen LogP contribution in [0.1, 0.15) is 31.7 Å². The number of likely N-dealkylation sites (tertiary alicyclic amines) is 1. The predicted molar refractivity (Wildman–Crippen MR) is 139 cm³/mol. The Balaban J connectivity index is 1.69. The Morgan fingerprint density at radius 3 is 2.47 bits per heavy atom. The molecule has 34 heavy (non-hydrogen) atoms. The van der Waals surface area contributed by atoms with E-state index in [4.69, 9.17) is 4.74 Å². The van der Waals surface area contributed by atoms with E-state index < -0.39 is 10.0 Å². The van der Waals surface area contributed by atoms with Gasteiger partial charge in [0, 0.05) is 6.54 Å². The van der Waals surface area contributed by atoms with Gasteiger partial charge in [0.25, 0.3) is 10.0 Å². The number of carbonyl (C=O) groups is 1. The number of piperidine rings is 1. The molecule has 0 unspecified atom stereocenters. The van der Waals surface area contributed by atoms with Crippen molar-refractivity contribution in [2.75, 3.05) is 44.1 Å². The SMILES string of the molecule is COc1ccc(S(=O)(=O)N(CC(=O)NCCCN2CCC(C)CC2)c2ccc(C)cc2)cc1Br. The smallest absolute Gasteiger partial charge is 0.264 e. The van der Waals surface area contributed by atoms with Gasteiger partial charge in [-0.2, -0.15) is 0 Å². The maximum Gasteiger partial charge on any atom is 0.264 e. The molecule has 0 atom stereocenters. The zero-order chi connectivity index (χ0) is 24.7. The first-order valence-corrected chi connectivity index (χ1v) is 13.9. The van der Waals surface area contributed by atoms with Crippen LogP contribution in [0.3, 0.4) is 0 Å². The molecule has 186 valence electrons. The van der Waals surface area contributed by atoms with Crippen LogP contribution in [0.15, 0.2) is 51.8 Å². The number of ether oxygens (including phenoxy) is 1. The largest absolute Gasteiger partial charge is 0.496 e. The fraction of sp³-hybridized carbons (Fsp3) is 0.480. The number of aryl methyl sites for hydroxylation is 1. The molecule has 1 aliphatic rings. The summed E-state index contributed by atoms with van der Waals surface area (Å²) in [5.41, 5.74) is 1.44. The number of hydrogen-bond donors (Lipinski definition) is 1. The zero-order valence-corrected chi connectivity index (χ0v) is 22.5. The van der Waals surface area contributed by atoms with E-state index in [0.29, 0.717) is 22.5 Å². The molecule has 0 aliphatic carbocycles. The van der Waals surface area contributed by atoms with E-state index in [9.17, 15) is 13.2 Å². The molecule has 1 saturated heterocycles. The van der Waals surface area contributed by atoms with E-state index in [1.165, 1.54) is 32.1 Å². The Morgan fingerprint density at radius 1 is 1.18 bits per heavy atom. The number of rotatable bonds is 10. The number of methoxy groups -OCH3 is 1. The van der Waals surface area contributed by atoms with E-state index in [0.717, 1.165) is 41.8 Å². The third-order valence-electron chi connectivity index (χ3n) is 6.17. The monoisotopic (exact) mass is 551 g/mol. The number of nitrogens with one attached hydrogen (secondary N) is 1. The summed E-state index contributed by atoms with van der Waals surface area (Å²) in [6, 6.07) is 11.7. The summed E-state index contributed by atoms with van der Waals surface area (Å²) in [4.78, 5) is 15.3. The van der Waals surface area contributed by atoms with E-state index in [1.54, 1.807) is 18.2 Å². The van der Waals surface area contributed by atoms with Crippen molar-refractivity contribution < 1.29 is 17.9 Å². The Labute approximate surface area is 211 Å². The third kappa shape index (κ3) is 6.96. The first kappa shape index (κ1) is 26.5. The minimum absolute atomic E-state index is 0.0767. The summed E-state index contributed by atoms with van der Waals surface area (Å²) >= 11 is 3.35. The van der Waals surface area contributed by atoms with Gasteiger partial charge in [-0.3, -0.25) is 9.10 Å². The van der Waals surface area contributed by atoms with Gasteiger partial charge in [-0.15, -0.1) is 0 Å². The number of amides is 1. The molecule has 1 aliphatic heterocycles. The quantitative estimate of drug-likeness (QED) is 0.447. The number of carbonyl (C=O) groups excluding carboxylic acids is 1. The Bertz CT molecular complexity index is 1070. The van der Waals surface area contributed by atoms with Crippen LogP contribution in [0.25, 0.3) is 0 Å². The van der Waals surface area contributed by atoms with Crippen LogP contribution in [-0.2, 0) is 14.8 Å². The van der Waals surface area contributed by atoms with E-state index >= 15 is 0 Å². The molecular weight excluding hydrogens is 518 g/mol. The number of nitrogens with zero attached hydrogens (tertiary/aromatic N) is 2. The van der Waals surface area contributed by atoms with Gasteiger partial charge >= 0.3 is 0 Å². The van der Waals surface area contributed by atoms with Gasteiger partial charge in [-0.1, -0.05) is 24.6 Å². The Hall–Kier alpha value is -2.10. The molecule has 0 saturated carbocycles. The highest BCUT2D eigenvalue weighted by atomic mass is 79.9.